The fourth-order valence-corrected chi connectivity index (χ4v) is 4.07. The standard InChI is InChI=1S/C26H23FN6O/c1-16-9-10-28-25(11-16)32(4)26(34)20-7-5-18(12-22(20)27)23-13-29-24-8-6-19(14-33(23)24)21-15-31(3)30-17(21)2/h5-15H,1-4H3. The summed E-state index contributed by atoms with van der Waals surface area (Å²) in [6, 6.07) is 12.2. The highest BCUT2D eigenvalue weighted by molar-refractivity contribution is 6.05. The first-order valence-electron chi connectivity index (χ1n) is 10.8. The van der Waals surface area contributed by atoms with Crippen molar-refractivity contribution in [3.63, 3.8) is 0 Å². The minimum Gasteiger partial charge on any atom is -0.299 e. The number of pyridine rings is 2. The molecule has 0 fully saturated rings. The second-order valence-corrected chi connectivity index (χ2v) is 8.34. The molecule has 0 aliphatic heterocycles. The molecule has 0 aliphatic rings. The molecule has 170 valence electrons. The maximum atomic E-state index is 15.1. The Morgan fingerprint density at radius 2 is 1.79 bits per heavy atom. The smallest absolute Gasteiger partial charge is 0.262 e. The van der Waals surface area contributed by atoms with Crippen LogP contribution in [0.1, 0.15) is 21.6 Å². The number of hydrogen-bond acceptors (Lipinski definition) is 4. The third kappa shape index (κ3) is 3.73. The lowest BCUT2D eigenvalue weighted by Crippen LogP contribution is -2.28. The Hall–Kier alpha value is -4.33. The Morgan fingerprint density at radius 3 is 2.50 bits per heavy atom. The SMILES string of the molecule is Cc1ccnc(N(C)C(=O)c2ccc(-c3cnc4ccc(-c5cn(C)nc5C)cn34)cc2F)c1. The Kier molecular flexibility index (Phi) is 5.20. The quantitative estimate of drug-likeness (QED) is 0.390. The number of anilines is 1. The van der Waals surface area contributed by atoms with Crippen LogP contribution in [0.2, 0.25) is 0 Å². The molecule has 0 N–H and O–H groups in total. The summed E-state index contributed by atoms with van der Waals surface area (Å²) in [6.45, 7) is 3.87. The van der Waals surface area contributed by atoms with Crippen LogP contribution in [0.15, 0.2) is 67.3 Å². The zero-order chi connectivity index (χ0) is 24.0. The van der Waals surface area contributed by atoms with E-state index in [2.05, 4.69) is 15.1 Å². The largest absolute Gasteiger partial charge is 0.299 e. The number of rotatable bonds is 4. The van der Waals surface area contributed by atoms with Gasteiger partial charge in [-0.1, -0.05) is 6.07 Å². The molecule has 0 bridgehead atoms. The zero-order valence-corrected chi connectivity index (χ0v) is 19.3. The van der Waals surface area contributed by atoms with Crippen LogP contribution in [-0.2, 0) is 7.05 Å². The second kappa shape index (κ2) is 8.22. The second-order valence-electron chi connectivity index (χ2n) is 8.34. The Bertz CT molecular complexity index is 1550. The molecule has 4 aromatic heterocycles. The normalized spacial score (nSPS) is 11.2. The van der Waals surface area contributed by atoms with E-state index >= 15 is 4.39 Å². The van der Waals surface area contributed by atoms with E-state index in [0.29, 0.717) is 11.4 Å². The number of aryl methyl sites for hydroxylation is 3. The topological polar surface area (TPSA) is 68.3 Å². The Labute approximate surface area is 196 Å². The molecular weight excluding hydrogens is 431 g/mol. The fraction of sp³-hybridized carbons (Fsp3) is 0.154. The summed E-state index contributed by atoms with van der Waals surface area (Å²) in [5.74, 6) is -0.598. The van der Waals surface area contributed by atoms with E-state index in [1.165, 1.54) is 17.0 Å². The van der Waals surface area contributed by atoms with E-state index in [1.54, 1.807) is 36.3 Å². The van der Waals surface area contributed by atoms with E-state index in [0.717, 1.165) is 33.7 Å². The molecule has 0 saturated carbocycles. The van der Waals surface area contributed by atoms with Gasteiger partial charge >= 0.3 is 0 Å². The van der Waals surface area contributed by atoms with Gasteiger partial charge in [0.2, 0.25) is 0 Å². The van der Waals surface area contributed by atoms with Crippen molar-refractivity contribution >= 4 is 17.4 Å². The van der Waals surface area contributed by atoms with E-state index in [4.69, 9.17) is 0 Å². The van der Waals surface area contributed by atoms with Crippen LogP contribution in [0.25, 0.3) is 28.0 Å². The zero-order valence-electron chi connectivity index (χ0n) is 19.3. The summed E-state index contributed by atoms with van der Waals surface area (Å²) >= 11 is 0. The lowest BCUT2D eigenvalue weighted by atomic mass is 10.1. The summed E-state index contributed by atoms with van der Waals surface area (Å²) < 4.78 is 18.8. The van der Waals surface area contributed by atoms with Crippen molar-refractivity contribution in [2.75, 3.05) is 11.9 Å². The summed E-state index contributed by atoms with van der Waals surface area (Å²) in [6.07, 6.45) is 7.26. The van der Waals surface area contributed by atoms with Crippen molar-refractivity contribution in [2.45, 2.75) is 13.8 Å². The number of carbonyl (C=O) groups is 1. The molecule has 4 heterocycles. The number of carbonyl (C=O) groups excluding carboxylic acids is 1. The highest BCUT2D eigenvalue weighted by Crippen LogP contribution is 2.28. The number of aromatic nitrogens is 5. The number of nitrogens with zero attached hydrogens (tertiary/aromatic N) is 6. The molecule has 0 spiro atoms. The third-order valence-electron chi connectivity index (χ3n) is 5.87. The van der Waals surface area contributed by atoms with Gasteiger partial charge in [-0.25, -0.2) is 14.4 Å². The van der Waals surface area contributed by atoms with Crippen LogP contribution in [0.4, 0.5) is 10.2 Å². The minimum atomic E-state index is -0.601. The monoisotopic (exact) mass is 454 g/mol. The number of halogens is 1. The van der Waals surface area contributed by atoms with Gasteiger partial charge < -0.3 is 0 Å². The van der Waals surface area contributed by atoms with Crippen molar-refractivity contribution in [1.82, 2.24) is 24.1 Å². The van der Waals surface area contributed by atoms with E-state index in [9.17, 15) is 4.79 Å². The van der Waals surface area contributed by atoms with Gasteiger partial charge in [-0.15, -0.1) is 0 Å². The first kappa shape index (κ1) is 21.5. The van der Waals surface area contributed by atoms with Crippen LogP contribution in [0.5, 0.6) is 0 Å². The van der Waals surface area contributed by atoms with Crippen molar-refractivity contribution < 1.29 is 9.18 Å². The summed E-state index contributed by atoms with van der Waals surface area (Å²) in [5, 5.41) is 4.42. The maximum absolute atomic E-state index is 15.1. The van der Waals surface area contributed by atoms with E-state index in [-0.39, 0.29) is 5.56 Å². The van der Waals surface area contributed by atoms with E-state index < -0.39 is 11.7 Å². The van der Waals surface area contributed by atoms with Gasteiger partial charge in [0, 0.05) is 49.4 Å². The van der Waals surface area contributed by atoms with Gasteiger partial charge in [0.05, 0.1) is 23.1 Å². The fourth-order valence-electron chi connectivity index (χ4n) is 4.07. The van der Waals surface area contributed by atoms with E-state index in [1.807, 2.05) is 55.9 Å². The number of fused-ring (bicyclic) bond motifs is 1. The predicted octanol–water partition coefficient (Wildman–Crippen LogP) is 4.83. The molecule has 8 heteroatoms. The molecule has 0 saturated heterocycles. The van der Waals surface area contributed by atoms with Crippen LogP contribution in [-0.4, -0.2) is 37.1 Å². The van der Waals surface area contributed by atoms with Crippen LogP contribution >= 0.6 is 0 Å². The first-order valence-corrected chi connectivity index (χ1v) is 10.8. The van der Waals surface area contributed by atoms with Crippen LogP contribution in [0, 0.1) is 19.7 Å². The third-order valence-corrected chi connectivity index (χ3v) is 5.87. The summed E-state index contributed by atoms with van der Waals surface area (Å²) in [5.41, 5.74) is 5.96. The number of hydrogen-bond donors (Lipinski definition) is 0. The average molecular weight is 455 g/mol. The van der Waals surface area contributed by atoms with Crippen LogP contribution in [0.3, 0.4) is 0 Å². The lowest BCUT2D eigenvalue weighted by Gasteiger charge is -2.17. The van der Waals surface area contributed by atoms with Crippen molar-refractivity contribution in [3.8, 4) is 22.4 Å². The Balaban J connectivity index is 1.51. The van der Waals surface area contributed by atoms with Gasteiger partial charge in [-0.05, 0) is 55.8 Å². The molecular formula is C26H23FN6O. The van der Waals surface area contributed by atoms with Gasteiger partial charge in [-0.2, -0.15) is 5.10 Å². The minimum absolute atomic E-state index is 0.0185. The first-order chi connectivity index (χ1) is 16.3. The number of imidazole rings is 1. The lowest BCUT2D eigenvalue weighted by molar-refractivity contribution is 0.0988. The van der Waals surface area contributed by atoms with Gasteiger partial charge in [0.1, 0.15) is 17.3 Å². The molecule has 0 radical (unpaired) electrons. The highest BCUT2D eigenvalue weighted by Gasteiger charge is 2.20. The average Bonchev–Trinajstić information content (AvgIpc) is 3.39. The molecule has 0 atom stereocenters. The van der Waals surface area contributed by atoms with Crippen molar-refractivity contribution in [3.05, 3.63) is 89.9 Å². The predicted molar refractivity (Wildman–Crippen MR) is 129 cm³/mol. The summed E-state index contributed by atoms with van der Waals surface area (Å²) in [7, 11) is 3.47. The van der Waals surface area contributed by atoms with Gasteiger partial charge in [0.25, 0.3) is 5.91 Å². The van der Waals surface area contributed by atoms with Gasteiger partial charge in [0.15, 0.2) is 0 Å². The van der Waals surface area contributed by atoms with Crippen molar-refractivity contribution in [2.24, 2.45) is 7.05 Å². The van der Waals surface area contributed by atoms with Gasteiger partial charge in [-0.3, -0.25) is 18.8 Å². The molecule has 0 aliphatic carbocycles. The Morgan fingerprint density at radius 1 is 1.00 bits per heavy atom. The number of amides is 1. The molecule has 5 aromatic rings. The molecule has 1 amide bonds. The maximum Gasteiger partial charge on any atom is 0.262 e. The summed E-state index contributed by atoms with van der Waals surface area (Å²) in [4.78, 5) is 23.0. The molecule has 0 unspecified atom stereocenters. The molecule has 34 heavy (non-hydrogen) atoms. The molecule has 1 aromatic carbocycles. The number of benzene rings is 1. The van der Waals surface area contributed by atoms with Crippen molar-refractivity contribution in [1.29, 1.82) is 0 Å². The highest BCUT2D eigenvalue weighted by atomic mass is 19.1. The molecule has 7 nitrogen and oxygen atoms in total. The molecule has 5 rings (SSSR count). The van der Waals surface area contributed by atoms with Crippen LogP contribution < -0.4 is 4.90 Å².